The maximum Gasteiger partial charge on any atom is 0.183 e. The molecule has 116 valence electrons. The molecule has 0 aromatic heterocycles. The quantitative estimate of drug-likeness (QED) is 0.527. The van der Waals surface area contributed by atoms with Gasteiger partial charge in [0.25, 0.3) is 0 Å². The second kappa shape index (κ2) is 4.23. The molecule has 2 heteroatoms. The van der Waals surface area contributed by atoms with Crippen molar-refractivity contribution in [1.82, 2.24) is 0 Å². The Balaban J connectivity index is 1.71. The third-order valence-corrected chi connectivity index (χ3v) is 7.51. The molecule has 2 N–H and O–H groups in total. The lowest BCUT2D eigenvalue weighted by atomic mass is 9.48. The Labute approximate surface area is 127 Å². The zero-order chi connectivity index (χ0) is 14.9. The molecule has 1 unspecified atom stereocenters. The van der Waals surface area contributed by atoms with E-state index in [1.165, 1.54) is 32.1 Å². The smallest absolute Gasteiger partial charge is 0.183 e. The van der Waals surface area contributed by atoms with E-state index >= 15 is 0 Å². The summed E-state index contributed by atoms with van der Waals surface area (Å²) in [5.74, 6) is 0.869. The van der Waals surface area contributed by atoms with Crippen LogP contribution >= 0.6 is 0 Å². The molecule has 0 heterocycles. The molecule has 2 fully saturated rings. The van der Waals surface area contributed by atoms with Crippen molar-refractivity contribution in [1.29, 1.82) is 0 Å². The molecule has 4 rings (SSSR count). The molecule has 21 heavy (non-hydrogen) atoms. The second-order valence-corrected chi connectivity index (χ2v) is 8.65. The van der Waals surface area contributed by atoms with Crippen LogP contribution in [0.25, 0.3) is 0 Å². The highest BCUT2D eigenvalue weighted by Crippen LogP contribution is 2.63. The maximum atomic E-state index is 9.95. The lowest BCUT2D eigenvalue weighted by Gasteiger charge is -2.56. The topological polar surface area (TPSA) is 40.5 Å². The fourth-order valence-electron chi connectivity index (χ4n) is 6.16. The number of aliphatic hydroxyl groups is 2. The molecule has 2 saturated carbocycles. The van der Waals surface area contributed by atoms with Crippen LogP contribution in [0.5, 0.6) is 0 Å². The average molecular weight is 288 g/mol. The number of hydrogen-bond donors (Lipinski definition) is 2. The summed E-state index contributed by atoms with van der Waals surface area (Å²) in [5, 5.41) is 19.9. The first-order chi connectivity index (χ1) is 9.84. The molecule has 0 aromatic carbocycles. The third kappa shape index (κ3) is 1.91. The molecule has 4 aliphatic carbocycles. The third-order valence-electron chi connectivity index (χ3n) is 7.51. The second-order valence-electron chi connectivity index (χ2n) is 8.65. The maximum absolute atomic E-state index is 9.95. The largest absolute Gasteiger partial charge is 0.362 e. The van der Waals surface area contributed by atoms with Gasteiger partial charge in [-0.3, -0.25) is 0 Å². The van der Waals surface area contributed by atoms with Crippen molar-refractivity contribution >= 4 is 0 Å². The molecule has 0 aliphatic heterocycles. The summed E-state index contributed by atoms with van der Waals surface area (Å²) in [4.78, 5) is 0. The fourth-order valence-corrected chi connectivity index (χ4v) is 6.16. The lowest BCUT2D eigenvalue weighted by molar-refractivity contribution is -0.150. The van der Waals surface area contributed by atoms with Gasteiger partial charge in [-0.15, -0.1) is 0 Å². The molecular weight excluding hydrogens is 260 g/mol. The van der Waals surface area contributed by atoms with E-state index in [-0.39, 0.29) is 11.3 Å². The predicted octanol–water partition coefficient (Wildman–Crippen LogP) is 3.65. The Morgan fingerprint density at radius 1 is 0.952 bits per heavy atom. The van der Waals surface area contributed by atoms with Crippen molar-refractivity contribution in [3.8, 4) is 0 Å². The van der Waals surface area contributed by atoms with Crippen LogP contribution in [0.4, 0.5) is 0 Å². The van der Waals surface area contributed by atoms with Crippen LogP contribution in [0.15, 0.2) is 24.3 Å². The Hall–Kier alpha value is -0.600. The van der Waals surface area contributed by atoms with Crippen LogP contribution in [-0.2, 0) is 0 Å². The summed E-state index contributed by atoms with van der Waals surface area (Å²) in [6, 6.07) is 0. The van der Waals surface area contributed by atoms with Crippen molar-refractivity contribution in [2.75, 3.05) is 0 Å². The molecule has 0 saturated heterocycles. The van der Waals surface area contributed by atoms with Gasteiger partial charge < -0.3 is 10.2 Å². The molecule has 2 nitrogen and oxygen atoms in total. The van der Waals surface area contributed by atoms with E-state index in [0.717, 1.165) is 5.92 Å². The van der Waals surface area contributed by atoms with E-state index in [4.69, 9.17) is 0 Å². The SMILES string of the molecule is C[C@@]12CCC[C@H]1[C@@H]1C=CC3CC(O)(O)C=C[C@]3(C)[C@H]1CC2. The standard InChI is InChI=1S/C19H28O2/c1-17-8-3-4-15(17)14-6-5-13-12-19(20,21)11-10-18(13,2)16(14)7-9-17/h5-6,10-11,13-16,20-21H,3-4,7-9,12H2,1-2H3/t13?,14-,15-,16-,17-,18-/m0/s1. The van der Waals surface area contributed by atoms with Crippen LogP contribution < -0.4 is 0 Å². The van der Waals surface area contributed by atoms with E-state index in [1.807, 2.05) is 0 Å². The van der Waals surface area contributed by atoms with Gasteiger partial charge >= 0.3 is 0 Å². The minimum atomic E-state index is -1.61. The summed E-state index contributed by atoms with van der Waals surface area (Å²) in [6.07, 6.45) is 15.8. The van der Waals surface area contributed by atoms with Gasteiger partial charge in [0.1, 0.15) is 0 Å². The Kier molecular flexibility index (Phi) is 2.83. The molecule has 0 bridgehead atoms. The highest BCUT2D eigenvalue weighted by atomic mass is 16.5. The van der Waals surface area contributed by atoms with Crippen molar-refractivity contribution in [2.45, 2.75) is 58.2 Å². The molecule has 0 amide bonds. The highest BCUT2D eigenvalue weighted by molar-refractivity contribution is 5.24. The Morgan fingerprint density at radius 2 is 1.76 bits per heavy atom. The molecular formula is C19H28O2. The number of hydrogen-bond acceptors (Lipinski definition) is 2. The van der Waals surface area contributed by atoms with Gasteiger partial charge in [0.2, 0.25) is 0 Å². The van der Waals surface area contributed by atoms with E-state index in [1.54, 1.807) is 6.08 Å². The van der Waals surface area contributed by atoms with Crippen LogP contribution in [0.3, 0.4) is 0 Å². The van der Waals surface area contributed by atoms with Crippen LogP contribution in [0.2, 0.25) is 0 Å². The van der Waals surface area contributed by atoms with Gasteiger partial charge in [0.05, 0.1) is 0 Å². The minimum absolute atomic E-state index is 0.109. The molecule has 0 aromatic rings. The van der Waals surface area contributed by atoms with Crippen molar-refractivity contribution in [2.24, 2.45) is 34.5 Å². The predicted molar refractivity (Wildman–Crippen MR) is 83.3 cm³/mol. The van der Waals surface area contributed by atoms with Gasteiger partial charge in [-0.25, -0.2) is 0 Å². The van der Waals surface area contributed by atoms with Gasteiger partial charge in [0.15, 0.2) is 5.79 Å². The van der Waals surface area contributed by atoms with Crippen LogP contribution in [0, 0.1) is 34.5 Å². The highest BCUT2D eigenvalue weighted by Gasteiger charge is 2.56. The van der Waals surface area contributed by atoms with E-state index < -0.39 is 5.79 Å². The Morgan fingerprint density at radius 3 is 2.57 bits per heavy atom. The zero-order valence-corrected chi connectivity index (χ0v) is 13.3. The minimum Gasteiger partial charge on any atom is -0.362 e. The van der Waals surface area contributed by atoms with Gasteiger partial charge in [-0.2, -0.15) is 0 Å². The van der Waals surface area contributed by atoms with E-state index in [2.05, 4.69) is 32.1 Å². The van der Waals surface area contributed by atoms with Crippen molar-refractivity contribution in [3.63, 3.8) is 0 Å². The van der Waals surface area contributed by atoms with Crippen LogP contribution in [-0.4, -0.2) is 16.0 Å². The zero-order valence-electron chi connectivity index (χ0n) is 13.3. The Bertz CT molecular complexity index is 506. The lowest BCUT2D eigenvalue weighted by Crippen LogP contribution is -2.51. The summed E-state index contributed by atoms with van der Waals surface area (Å²) >= 11 is 0. The van der Waals surface area contributed by atoms with Crippen LogP contribution in [0.1, 0.15) is 52.4 Å². The molecule has 6 atom stereocenters. The monoisotopic (exact) mass is 288 g/mol. The fraction of sp³-hybridized carbons (Fsp3) is 0.789. The van der Waals surface area contributed by atoms with Crippen molar-refractivity contribution < 1.29 is 10.2 Å². The molecule has 0 spiro atoms. The summed E-state index contributed by atoms with van der Waals surface area (Å²) in [5.41, 5.74) is 0.670. The van der Waals surface area contributed by atoms with E-state index in [0.29, 0.717) is 23.7 Å². The first-order valence-electron chi connectivity index (χ1n) is 8.68. The first kappa shape index (κ1) is 14.0. The first-order valence-corrected chi connectivity index (χ1v) is 8.68. The number of rotatable bonds is 0. The van der Waals surface area contributed by atoms with Gasteiger partial charge in [0, 0.05) is 6.42 Å². The van der Waals surface area contributed by atoms with Crippen molar-refractivity contribution in [3.05, 3.63) is 24.3 Å². The summed E-state index contributed by atoms with van der Waals surface area (Å²) in [6.45, 7) is 4.86. The number of allylic oxidation sites excluding steroid dienone is 3. The summed E-state index contributed by atoms with van der Waals surface area (Å²) in [7, 11) is 0. The molecule has 4 aliphatic rings. The normalized spacial score (nSPS) is 53.9. The van der Waals surface area contributed by atoms with Gasteiger partial charge in [-0.1, -0.05) is 38.5 Å². The number of fused-ring (bicyclic) bond motifs is 5. The summed E-state index contributed by atoms with van der Waals surface area (Å²) < 4.78 is 0. The van der Waals surface area contributed by atoms with E-state index in [9.17, 15) is 10.2 Å². The molecule has 0 radical (unpaired) electrons. The average Bonchev–Trinajstić information content (AvgIpc) is 2.81. The van der Waals surface area contributed by atoms with Gasteiger partial charge in [-0.05, 0) is 66.3 Å².